The topological polar surface area (TPSA) is 111 Å². The lowest BCUT2D eigenvalue weighted by Gasteiger charge is -2.28. The number of likely N-dealkylation sites (N-methyl/N-ethyl adjacent to an activating group) is 1. The van der Waals surface area contributed by atoms with Crippen LogP contribution in [0.15, 0.2) is 36.5 Å². The summed E-state index contributed by atoms with van der Waals surface area (Å²) in [6.45, 7) is 4.04. The molecule has 0 spiro atoms. The summed E-state index contributed by atoms with van der Waals surface area (Å²) in [7, 11) is 1.15. The highest BCUT2D eigenvalue weighted by atomic mass is 31.2. The van der Waals surface area contributed by atoms with Crippen molar-refractivity contribution in [2.75, 3.05) is 47.5 Å². The van der Waals surface area contributed by atoms with Crippen LogP contribution in [-0.2, 0) is 32.7 Å². The lowest BCUT2D eigenvalue weighted by atomic mass is 10.1. The van der Waals surface area contributed by atoms with Crippen molar-refractivity contribution in [1.82, 2.24) is 0 Å². The van der Waals surface area contributed by atoms with Crippen molar-refractivity contribution >= 4 is 19.8 Å². The molecule has 48 heavy (non-hydrogen) atoms. The molecule has 10 heteroatoms. The number of rotatable bonds is 33. The average Bonchev–Trinajstić information content (AvgIpc) is 3.02. The van der Waals surface area contributed by atoms with Crippen LogP contribution in [0.1, 0.15) is 142 Å². The summed E-state index contributed by atoms with van der Waals surface area (Å²) < 4.78 is 33.7. The minimum atomic E-state index is -4.62. The SMILES string of the molecule is CC/C=C\C/C=C\C/C=C\CCCCCCCC(=O)O[C@H](COC(=O)CCCCCCCCCCC)COP(=O)([O-])OCC[N+](C)(C)C. The Labute approximate surface area is 293 Å². The largest absolute Gasteiger partial charge is 0.756 e. The molecule has 0 aliphatic heterocycles. The first kappa shape index (κ1) is 46.2. The molecular weight excluding hydrogens is 629 g/mol. The Morgan fingerprint density at radius 3 is 1.77 bits per heavy atom. The Morgan fingerprint density at radius 2 is 1.19 bits per heavy atom. The van der Waals surface area contributed by atoms with E-state index in [4.69, 9.17) is 18.5 Å². The van der Waals surface area contributed by atoms with Gasteiger partial charge in [-0.25, -0.2) is 0 Å². The van der Waals surface area contributed by atoms with E-state index in [2.05, 4.69) is 50.3 Å². The summed E-state index contributed by atoms with van der Waals surface area (Å²) >= 11 is 0. The molecule has 0 bridgehead atoms. The van der Waals surface area contributed by atoms with Crippen molar-refractivity contribution < 1.29 is 42.1 Å². The highest BCUT2D eigenvalue weighted by molar-refractivity contribution is 7.45. The number of carbonyl (C=O) groups is 2. The highest BCUT2D eigenvalue weighted by Gasteiger charge is 2.21. The molecule has 0 amide bonds. The molecule has 0 aliphatic rings. The van der Waals surface area contributed by atoms with Crippen LogP contribution < -0.4 is 4.89 Å². The summed E-state index contributed by atoms with van der Waals surface area (Å²) in [5.41, 5.74) is 0. The quantitative estimate of drug-likeness (QED) is 0.0219. The Bertz CT molecular complexity index is 928. The van der Waals surface area contributed by atoms with Crippen LogP contribution in [0.25, 0.3) is 0 Å². The van der Waals surface area contributed by atoms with Gasteiger partial charge in [0.1, 0.15) is 19.8 Å². The van der Waals surface area contributed by atoms with Crippen molar-refractivity contribution in [3.05, 3.63) is 36.5 Å². The van der Waals surface area contributed by atoms with Gasteiger partial charge in [-0.1, -0.05) is 121 Å². The van der Waals surface area contributed by atoms with Gasteiger partial charge in [-0.2, -0.15) is 0 Å². The number of hydrogen-bond donors (Lipinski definition) is 0. The second-order valence-corrected chi connectivity index (χ2v) is 15.0. The molecule has 0 rings (SSSR count). The average molecular weight is 700 g/mol. The fourth-order valence-corrected chi connectivity index (χ4v) is 5.45. The molecule has 0 aromatic carbocycles. The van der Waals surface area contributed by atoms with Gasteiger partial charge in [-0.3, -0.25) is 14.2 Å². The van der Waals surface area contributed by atoms with Crippen molar-refractivity contribution in [1.29, 1.82) is 0 Å². The van der Waals surface area contributed by atoms with Gasteiger partial charge < -0.3 is 27.9 Å². The maximum absolute atomic E-state index is 12.6. The van der Waals surface area contributed by atoms with Gasteiger partial charge in [0, 0.05) is 12.8 Å². The molecule has 1 unspecified atom stereocenters. The van der Waals surface area contributed by atoms with E-state index < -0.39 is 32.5 Å². The monoisotopic (exact) mass is 699 g/mol. The zero-order valence-corrected chi connectivity index (χ0v) is 32.1. The summed E-state index contributed by atoms with van der Waals surface area (Å²) in [6.07, 6.45) is 31.8. The molecule has 0 fully saturated rings. The van der Waals surface area contributed by atoms with Gasteiger partial charge in [0.15, 0.2) is 6.10 Å². The molecule has 0 aliphatic carbocycles. The molecule has 0 saturated carbocycles. The molecular formula is C38H70NO8P. The second kappa shape index (κ2) is 31.2. The van der Waals surface area contributed by atoms with E-state index in [9.17, 15) is 19.0 Å². The number of ether oxygens (including phenoxy) is 2. The van der Waals surface area contributed by atoms with E-state index in [-0.39, 0.29) is 26.1 Å². The van der Waals surface area contributed by atoms with Gasteiger partial charge in [0.2, 0.25) is 0 Å². The summed E-state index contributed by atoms with van der Waals surface area (Å²) in [5, 5.41) is 0. The van der Waals surface area contributed by atoms with E-state index in [1.165, 1.54) is 38.5 Å². The number of quaternary nitrogens is 1. The van der Waals surface area contributed by atoms with Gasteiger partial charge in [0.25, 0.3) is 7.82 Å². The fourth-order valence-electron chi connectivity index (χ4n) is 4.73. The van der Waals surface area contributed by atoms with Crippen LogP contribution in [0.3, 0.4) is 0 Å². The van der Waals surface area contributed by atoms with E-state index in [1.807, 2.05) is 21.1 Å². The number of phosphoric ester groups is 1. The first-order valence-corrected chi connectivity index (χ1v) is 20.2. The van der Waals surface area contributed by atoms with Gasteiger partial charge >= 0.3 is 11.9 Å². The first-order valence-electron chi connectivity index (χ1n) is 18.7. The van der Waals surface area contributed by atoms with Crippen LogP contribution in [0.2, 0.25) is 0 Å². The Hall–Kier alpha value is -1.77. The van der Waals surface area contributed by atoms with Gasteiger partial charge in [-0.05, 0) is 44.9 Å². The molecule has 0 aromatic heterocycles. The van der Waals surface area contributed by atoms with Crippen LogP contribution in [0.4, 0.5) is 0 Å². The Balaban J connectivity index is 4.47. The van der Waals surface area contributed by atoms with Gasteiger partial charge in [0.05, 0.1) is 27.7 Å². The third-order valence-electron chi connectivity index (χ3n) is 7.67. The van der Waals surface area contributed by atoms with Crippen molar-refractivity contribution in [3.63, 3.8) is 0 Å². The van der Waals surface area contributed by atoms with Gasteiger partial charge in [-0.15, -0.1) is 0 Å². The lowest BCUT2D eigenvalue weighted by molar-refractivity contribution is -0.870. The number of nitrogens with zero attached hydrogens (tertiary/aromatic N) is 1. The number of esters is 2. The molecule has 0 radical (unpaired) electrons. The molecule has 280 valence electrons. The van der Waals surface area contributed by atoms with E-state index >= 15 is 0 Å². The van der Waals surface area contributed by atoms with Crippen molar-refractivity contribution in [2.45, 2.75) is 148 Å². The third-order valence-corrected chi connectivity index (χ3v) is 8.64. The van der Waals surface area contributed by atoms with E-state index in [1.54, 1.807) is 0 Å². The van der Waals surface area contributed by atoms with Crippen molar-refractivity contribution in [3.8, 4) is 0 Å². The van der Waals surface area contributed by atoms with Crippen LogP contribution >= 0.6 is 7.82 Å². The molecule has 0 heterocycles. The predicted molar refractivity (Wildman–Crippen MR) is 194 cm³/mol. The molecule has 0 saturated heterocycles. The molecule has 0 N–H and O–H groups in total. The van der Waals surface area contributed by atoms with Crippen LogP contribution in [0.5, 0.6) is 0 Å². The number of carbonyl (C=O) groups excluding carboxylic acids is 2. The fraction of sp³-hybridized carbons (Fsp3) is 0.789. The van der Waals surface area contributed by atoms with Crippen LogP contribution in [0, 0.1) is 0 Å². The molecule has 2 atom stereocenters. The molecule has 0 aromatic rings. The minimum absolute atomic E-state index is 0.0344. The zero-order chi connectivity index (χ0) is 35.8. The standard InChI is InChI=1S/C38H70NO8P/c1-6-8-10-12-14-16-17-18-19-20-21-23-25-27-29-31-38(41)47-36(35-46-48(42,43)45-33-32-39(3,4)5)34-44-37(40)30-28-26-24-22-15-13-11-9-7-2/h8,10,14,16,18-19,36H,6-7,9,11-13,15,17,20-35H2,1-5H3/b10-8-,16-14-,19-18-/t36-/m1/s1. The first-order chi connectivity index (χ1) is 23.0. The third kappa shape index (κ3) is 34.1. The number of hydrogen-bond acceptors (Lipinski definition) is 8. The minimum Gasteiger partial charge on any atom is -0.756 e. The number of allylic oxidation sites excluding steroid dienone is 6. The Kier molecular flexibility index (Phi) is 30.1. The van der Waals surface area contributed by atoms with E-state index in [0.29, 0.717) is 17.4 Å². The maximum Gasteiger partial charge on any atom is 0.306 e. The molecule has 9 nitrogen and oxygen atoms in total. The smallest absolute Gasteiger partial charge is 0.306 e. The normalized spacial score (nSPS) is 14.2. The zero-order valence-electron chi connectivity index (χ0n) is 31.2. The summed E-state index contributed by atoms with van der Waals surface area (Å²) in [5.74, 6) is -0.860. The van der Waals surface area contributed by atoms with Crippen LogP contribution in [-0.4, -0.2) is 70.0 Å². The predicted octanol–water partition coefficient (Wildman–Crippen LogP) is 9.16. The maximum atomic E-state index is 12.6. The Morgan fingerprint density at radius 1 is 0.667 bits per heavy atom. The second-order valence-electron chi connectivity index (χ2n) is 13.6. The highest BCUT2D eigenvalue weighted by Crippen LogP contribution is 2.38. The summed E-state index contributed by atoms with van der Waals surface area (Å²) in [4.78, 5) is 37.2. The lowest BCUT2D eigenvalue weighted by Crippen LogP contribution is -2.37. The summed E-state index contributed by atoms with van der Waals surface area (Å²) in [6, 6.07) is 0. The number of unbranched alkanes of at least 4 members (excludes halogenated alkanes) is 13. The van der Waals surface area contributed by atoms with E-state index in [0.717, 1.165) is 70.6 Å². The van der Waals surface area contributed by atoms with Crippen molar-refractivity contribution in [2.24, 2.45) is 0 Å². The number of phosphoric acid groups is 1.